The molecule has 0 spiro atoms. The molecule has 0 aliphatic rings. The zero-order chi connectivity index (χ0) is 16.0. The van der Waals surface area contributed by atoms with Crippen LogP contribution in [0.2, 0.25) is 0 Å². The summed E-state index contributed by atoms with van der Waals surface area (Å²) in [6.45, 7) is 5.33. The van der Waals surface area contributed by atoms with E-state index in [1.165, 1.54) is 0 Å². The number of carboxylic acid groups (broad SMARTS) is 1. The third kappa shape index (κ3) is 5.10. The third-order valence-electron chi connectivity index (χ3n) is 3.38. The molecule has 0 saturated heterocycles. The second kappa shape index (κ2) is 7.67. The molecule has 5 heteroatoms. The van der Waals surface area contributed by atoms with Crippen LogP contribution in [0.5, 0.6) is 5.75 Å². The lowest BCUT2D eigenvalue weighted by Crippen LogP contribution is -2.46. The molecule has 1 aromatic carbocycles. The summed E-state index contributed by atoms with van der Waals surface area (Å²) in [5, 5.41) is 11.7. The maximum absolute atomic E-state index is 12.1. The first-order valence-electron chi connectivity index (χ1n) is 7.01. The Balaban J connectivity index is 2.63. The van der Waals surface area contributed by atoms with Crippen LogP contribution in [0.25, 0.3) is 0 Å². The molecule has 0 fully saturated rings. The summed E-state index contributed by atoms with van der Waals surface area (Å²) in [7, 11) is 1.60. The minimum Gasteiger partial charge on any atom is -0.497 e. The Kier molecular flexibility index (Phi) is 6.21. The Morgan fingerprint density at radius 1 is 1.19 bits per heavy atom. The highest BCUT2D eigenvalue weighted by atomic mass is 16.5. The number of carboxylic acids is 1. The van der Waals surface area contributed by atoms with Crippen LogP contribution >= 0.6 is 0 Å². The van der Waals surface area contributed by atoms with Gasteiger partial charge in [0.1, 0.15) is 11.8 Å². The number of amides is 1. The van der Waals surface area contributed by atoms with Crippen molar-refractivity contribution in [2.24, 2.45) is 11.8 Å². The molecule has 1 amide bonds. The maximum Gasteiger partial charge on any atom is 0.326 e. The van der Waals surface area contributed by atoms with E-state index in [4.69, 9.17) is 9.84 Å². The van der Waals surface area contributed by atoms with Crippen LogP contribution in [0, 0.1) is 11.8 Å². The van der Waals surface area contributed by atoms with Crippen LogP contribution in [0.3, 0.4) is 0 Å². The molecule has 1 unspecified atom stereocenters. The molecule has 0 saturated carbocycles. The normalized spacial score (nSPS) is 13.6. The molecule has 2 atom stereocenters. The number of ether oxygens (including phenoxy) is 1. The molecule has 1 rings (SSSR count). The Morgan fingerprint density at radius 2 is 1.76 bits per heavy atom. The Bertz CT molecular complexity index is 482. The van der Waals surface area contributed by atoms with Crippen LogP contribution < -0.4 is 10.1 Å². The van der Waals surface area contributed by atoms with Gasteiger partial charge in [0, 0.05) is 5.92 Å². The van der Waals surface area contributed by atoms with Crippen LogP contribution in [-0.2, 0) is 16.0 Å². The second-order valence-electron chi connectivity index (χ2n) is 5.52. The molecule has 5 nitrogen and oxygen atoms in total. The SMILES string of the molecule is COc1ccc(CC(C)C(=O)N[C@@H](C(=O)O)C(C)C)cc1. The molecule has 0 heterocycles. The van der Waals surface area contributed by atoms with Gasteiger partial charge >= 0.3 is 5.97 Å². The minimum atomic E-state index is -1.00. The summed E-state index contributed by atoms with van der Waals surface area (Å²) in [6, 6.07) is 6.64. The van der Waals surface area contributed by atoms with Crippen molar-refractivity contribution < 1.29 is 19.4 Å². The third-order valence-corrected chi connectivity index (χ3v) is 3.38. The molecular weight excluding hydrogens is 270 g/mol. The summed E-state index contributed by atoms with van der Waals surface area (Å²) < 4.78 is 5.08. The van der Waals surface area contributed by atoms with Gasteiger partial charge < -0.3 is 15.2 Å². The number of methoxy groups -OCH3 is 1. The average Bonchev–Trinajstić information content (AvgIpc) is 2.44. The van der Waals surface area contributed by atoms with Gasteiger partial charge in [-0.2, -0.15) is 0 Å². The summed E-state index contributed by atoms with van der Waals surface area (Å²) in [6.07, 6.45) is 0.556. The van der Waals surface area contributed by atoms with Gasteiger partial charge in [0.2, 0.25) is 5.91 Å². The molecule has 0 aliphatic carbocycles. The zero-order valence-electron chi connectivity index (χ0n) is 12.9. The zero-order valence-corrected chi connectivity index (χ0v) is 12.9. The molecule has 116 valence electrons. The van der Waals surface area contributed by atoms with E-state index < -0.39 is 12.0 Å². The van der Waals surface area contributed by atoms with Crippen LogP contribution in [0.15, 0.2) is 24.3 Å². The number of carbonyl (C=O) groups is 2. The van der Waals surface area contributed by atoms with Gasteiger partial charge in [0.25, 0.3) is 0 Å². The monoisotopic (exact) mass is 293 g/mol. The van der Waals surface area contributed by atoms with Crippen molar-refractivity contribution in [2.45, 2.75) is 33.2 Å². The number of aliphatic carboxylic acids is 1. The van der Waals surface area contributed by atoms with Crippen molar-refractivity contribution in [2.75, 3.05) is 7.11 Å². The van der Waals surface area contributed by atoms with Crippen LogP contribution in [0.1, 0.15) is 26.3 Å². The van der Waals surface area contributed by atoms with Gasteiger partial charge in [-0.05, 0) is 30.0 Å². The highest BCUT2D eigenvalue weighted by molar-refractivity contribution is 5.85. The lowest BCUT2D eigenvalue weighted by molar-refractivity contribution is -0.143. The first-order chi connectivity index (χ1) is 9.85. The van der Waals surface area contributed by atoms with Gasteiger partial charge in [-0.15, -0.1) is 0 Å². The predicted octanol–water partition coefficient (Wildman–Crippen LogP) is 2.10. The van der Waals surface area contributed by atoms with Crippen molar-refractivity contribution >= 4 is 11.9 Å². The van der Waals surface area contributed by atoms with E-state index in [1.807, 2.05) is 24.3 Å². The molecule has 1 aromatic rings. The number of benzene rings is 1. The molecule has 0 aliphatic heterocycles. The fraction of sp³-hybridized carbons (Fsp3) is 0.500. The Labute approximate surface area is 125 Å². The standard InChI is InChI=1S/C16H23NO4/c1-10(2)14(16(19)20)17-15(18)11(3)9-12-5-7-13(21-4)8-6-12/h5-8,10-11,14H,9H2,1-4H3,(H,17,18)(H,19,20)/t11?,14-/m1/s1. The highest BCUT2D eigenvalue weighted by Gasteiger charge is 2.25. The molecule has 0 aromatic heterocycles. The fourth-order valence-corrected chi connectivity index (χ4v) is 2.02. The molecule has 0 bridgehead atoms. The van der Waals surface area contributed by atoms with Crippen molar-refractivity contribution in [3.05, 3.63) is 29.8 Å². The number of hydrogen-bond acceptors (Lipinski definition) is 3. The minimum absolute atomic E-state index is 0.153. The number of carbonyl (C=O) groups excluding carboxylic acids is 1. The van der Waals surface area contributed by atoms with Gasteiger partial charge in [-0.1, -0.05) is 32.9 Å². The lowest BCUT2D eigenvalue weighted by atomic mass is 9.98. The fourth-order valence-electron chi connectivity index (χ4n) is 2.02. The van der Waals surface area contributed by atoms with Crippen molar-refractivity contribution in [1.29, 1.82) is 0 Å². The molecule has 2 N–H and O–H groups in total. The van der Waals surface area contributed by atoms with Gasteiger partial charge in [-0.25, -0.2) is 4.79 Å². The van der Waals surface area contributed by atoms with E-state index in [0.717, 1.165) is 11.3 Å². The maximum atomic E-state index is 12.1. The Morgan fingerprint density at radius 3 is 2.19 bits per heavy atom. The quantitative estimate of drug-likeness (QED) is 0.807. The van der Waals surface area contributed by atoms with E-state index in [2.05, 4.69) is 5.32 Å². The van der Waals surface area contributed by atoms with E-state index in [1.54, 1.807) is 27.9 Å². The average molecular weight is 293 g/mol. The van der Waals surface area contributed by atoms with E-state index in [9.17, 15) is 9.59 Å². The van der Waals surface area contributed by atoms with E-state index in [0.29, 0.717) is 6.42 Å². The molecule has 0 radical (unpaired) electrons. The van der Waals surface area contributed by atoms with E-state index in [-0.39, 0.29) is 17.7 Å². The van der Waals surface area contributed by atoms with Crippen LogP contribution in [-0.4, -0.2) is 30.1 Å². The first-order valence-corrected chi connectivity index (χ1v) is 7.01. The largest absolute Gasteiger partial charge is 0.497 e. The lowest BCUT2D eigenvalue weighted by Gasteiger charge is -2.20. The highest BCUT2D eigenvalue weighted by Crippen LogP contribution is 2.15. The Hall–Kier alpha value is -2.04. The summed E-state index contributed by atoms with van der Waals surface area (Å²) >= 11 is 0. The van der Waals surface area contributed by atoms with Crippen molar-refractivity contribution in [3.63, 3.8) is 0 Å². The van der Waals surface area contributed by atoms with Gasteiger partial charge in [0.05, 0.1) is 7.11 Å². The first kappa shape index (κ1) is 17.0. The summed E-state index contributed by atoms with van der Waals surface area (Å²) in [5.41, 5.74) is 1.01. The smallest absolute Gasteiger partial charge is 0.326 e. The summed E-state index contributed by atoms with van der Waals surface area (Å²) in [5.74, 6) is -0.929. The molecule has 21 heavy (non-hydrogen) atoms. The van der Waals surface area contributed by atoms with Crippen LogP contribution in [0.4, 0.5) is 0 Å². The predicted molar refractivity (Wildman–Crippen MR) is 80.3 cm³/mol. The number of hydrogen-bond donors (Lipinski definition) is 2. The van der Waals surface area contributed by atoms with Gasteiger partial charge in [0.15, 0.2) is 0 Å². The van der Waals surface area contributed by atoms with Crippen molar-refractivity contribution in [1.82, 2.24) is 5.32 Å². The van der Waals surface area contributed by atoms with Crippen molar-refractivity contribution in [3.8, 4) is 5.75 Å². The van der Waals surface area contributed by atoms with E-state index >= 15 is 0 Å². The molecular formula is C16H23NO4. The number of rotatable bonds is 7. The summed E-state index contributed by atoms with van der Waals surface area (Å²) in [4.78, 5) is 23.2. The van der Waals surface area contributed by atoms with Gasteiger partial charge in [-0.3, -0.25) is 4.79 Å². The number of nitrogens with one attached hydrogen (secondary N) is 1. The topological polar surface area (TPSA) is 75.6 Å². The second-order valence-corrected chi connectivity index (χ2v) is 5.52.